The van der Waals surface area contributed by atoms with E-state index < -0.39 is 37.0 Å². The summed E-state index contributed by atoms with van der Waals surface area (Å²) in [7, 11) is 0. The van der Waals surface area contributed by atoms with Gasteiger partial charge < -0.3 is 39.7 Å². The summed E-state index contributed by atoms with van der Waals surface area (Å²) >= 11 is 0. The first-order valence-electron chi connectivity index (χ1n) is 16.7. The third kappa shape index (κ3) is 4.79. The zero-order valence-electron chi connectivity index (χ0n) is 25.9. The van der Waals surface area contributed by atoms with Crippen LogP contribution in [0.2, 0.25) is 0 Å². The summed E-state index contributed by atoms with van der Waals surface area (Å²) in [5, 5.41) is 48.8. The van der Waals surface area contributed by atoms with Crippen molar-refractivity contribution in [3.8, 4) is 0 Å². The number of ether oxygens (including phenoxy) is 3. The Kier molecular flexibility index (Phi) is 8.33. The molecule has 0 amide bonds. The third-order valence-corrected chi connectivity index (χ3v) is 13.7. The Bertz CT molecular complexity index is 998. The van der Waals surface area contributed by atoms with Gasteiger partial charge in [0.25, 0.3) is 0 Å². The lowest BCUT2D eigenvalue weighted by molar-refractivity contribution is -0.273. The van der Waals surface area contributed by atoms with Crippen molar-refractivity contribution in [3.05, 3.63) is 0 Å². The molecule has 2 aliphatic heterocycles. The minimum atomic E-state index is -1.99. The highest BCUT2D eigenvalue weighted by molar-refractivity contribution is 5.75. The molecule has 240 valence electrons. The van der Waals surface area contributed by atoms with E-state index in [1.807, 2.05) is 0 Å². The SMILES string of the molecule is C[C@@H]1CC[C@@]2(OC1)O[C@H]1C[C@H]3[C@@H]4CCC5C[C@@H](OC(=O)[C@H](O)[C@@H](O)[C@H](O)[C@H](O)CO)CC[C@]5(C)[C@H]4CC[C@]3(C)[C@H]1[C@@H]2C. The molecule has 0 aromatic carbocycles. The van der Waals surface area contributed by atoms with E-state index in [0.717, 1.165) is 38.7 Å². The summed E-state index contributed by atoms with van der Waals surface area (Å²) in [5.41, 5.74) is 0.461. The molecule has 6 rings (SSSR count). The molecule has 2 saturated heterocycles. The molecule has 16 atom stereocenters. The molecule has 0 aromatic heterocycles. The molecule has 0 radical (unpaired) electrons. The van der Waals surface area contributed by atoms with Gasteiger partial charge >= 0.3 is 5.97 Å². The van der Waals surface area contributed by atoms with Crippen LogP contribution in [-0.4, -0.2) is 87.1 Å². The molecule has 5 N–H and O–H groups in total. The lowest BCUT2D eigenvalue weighted by Crippen LogP contribution is -2.55. The Labute approximate surface area is 250 Å². The molecular formula is C33H54O9. The Morgan fingerprint density at radius 3 is 2.33 bits per heavy atom. The van der Waals surface area contributed by atoms with Gasteiger partial charge in [0, 0.05) is 12.3 Å². The Morgan fingerprint density at radius 1 is 0.905 bits per heavy atom. The molecule has 0 bridgehead atoms. The summed E-state index contributed by atoms with van der Waals surface area (Å²) in [4.78, 5) is 12.6. The van der Waals surface area contributed by atoms with E-state index in [1.54, 1.807) is 0 Å². The molecular weight excluding hydrogens is 540 g/mol. The quantitative estimate of drug-likeness (QED) is 0.293. The predicted molar refractivity (Wildman–Crippen MR) is 153 cm³/mol. The van der Waals surface area contributed by atoms with Gasteiger partial charge in [0.2, 0.25) is 0 Å². The van der Waals surface area contributed by atoms with Gasteiger partial charge in [-0.25, -0.2) is 4.79 Å². The summed E-state index contributed by atoms with van der Waals surface area (Å²) in [6, 6.07) is 0. The zero-order valence-corrected chi connectivity index (χ0v) is 25.9. The third-order valence-electron chi connectivity index (χ3n) is 13.7. The number of carbonyl (C=O) groups is 1. The highest BCUT2D eigenvalue weighted by Crippen LogP contribution is 2.71. The van der Waals surface area contributed by atoms with Crippen molar-refractivity contribution in [2.24, 2.45) is 52.3 Å². The van der Waals surface area contributed by atoms with Crippen LogP contribution in [0, 0.1) is 52.3 Å². The molecule has 2 heterocycles. The van der Waals surface area contributed by atoms with Gasteiger partial charge in [-0.2, -0.15) is 0 Å². The second-order valence-corrected chi connectivity index (χ2v) is 15.7. The molecule has 42 heavy (non-hydrogen) atoms. The van der Waals surface area contributed by atoms with Crippen LogP contribution in [0.4, 0.5) is 0 Å². The summed E-state index contributed by atoms with van der Waals surface area (Å²) in [6.45, 7) is 9.69. The highest BCUT2D eigenvalue weighted by atomic mass is 16.7. The van der Waals surface area contributed by atoms with E-state index in [-0.39, 0.29) is 22.7 Å². The fraction of sp³-hybridized carbons (Fsp3) is 0.970. The molecule has 4 aliphatic carbocycles. The van der Waals surface area contributed by atoms with Gasteiger partial charge in [-0.1, -0.05) is 27.7 Å². The van der Waals surface area contributed by atoms with Crippen molar-refractivity contribution in [1.29, 1.82) is 0 Å². The van der Waals surface area contributed by atoms with Crippen LogP contribution in [0.1, 0.15) is 91.9 Å². The van der Waals surface area contributed by atoms with E-state index in [4.69, 9.17) is 19.3 Å². The van der Waals surface area contributed by atoms with Crippen LogP contribution < -0.4 is 0 Å². The number of hydrogen-bond donors (Lipinski definition) is 5. The lowest BCUT2D eigenvalue weighted by Gasteiger charge is -2.61. The maximum absolute atomic E-state index is 12.6. The van der Waals surface area contributed by atoms with Gasteiger partial charge in [-0.05, 0) is 104 Å². The topological polar surface area (TPSA) is 146 Å². The largest absolute Gasteiger partial charge is 0.460 e. The first-order chi connectivity index (χ1) is 19.8. The van der Waals surface area contributed by atoms with E-state index in [0.29, 0.717) is 54.0 Å². The second kappa shape index (κ2) is 11.2. The smallest absolute Gasteiger partial charge is 0.338 e. The minimum Gasteiger partial charge on any atom is -0.460 e. The van der Waals surface area contributed by atoms with Crippen LogP contribution in [0.5, 0.6) is 0 Å². The molecule has 4 saturated carbocycles. The number of carbonyl (C=O) groups excluding carboxylic acids is 1. The average molecular weight is 595 g/mol. The van der Waals surface area contributed by atoms with Crippen molar-refractivity contribution in [2.75, 3.05) is 13.2 Å². The normalized spacial score (nSPS) is 51.0. The molecule has 9 heteroatoms. The van der Waals surface area contributed by atoms with Crippen LogP contribution in [0.15, 0.2) is 0 Å². The van der Waals surface area contributed by atoms with Crippen molar-refractivity contribution >= 4 is 5.97 Å². The monoisotopic (exact) mass is 594 g/mol. The van der Waals surface area contributed by atoms with Gasteiger partial charge in [0.05, 0.1) is 19.3 Å². The molecule has 1 unspecified atom stereocenters. The van der Waals surface area contributed by atoms with Crippen LogP contribution in [-0.2, 0) is 19.0 Å². The standard InChI is InChI=1S/C33H54O9/c1-17-7-12-33(40-16-17)18(2)26-25(42-33)14-23-21-6-5-19-13-20(8-10-31(19,3)22(21)9-11-32(23,26)4)41-30(39)29(38)28(37)27(36)24(35)15-34/h17-29,34-38H,5-16H2,1-4H3/t17-,18+,19?,20+,21-,22+,23+,24-,25+,26+,27-,28+,29-,31+,32+,33-/m1/s1. The van der Waals surface area contributed by atoms with Gasteiger partial charge in [0.1, 0.15) is 24.4 Å². The van der Waals surface area contributed by atoms with Gasteiger partial charge in [-0.3, -0.25) is 0 Å². The Balaban J connectivity index is 1.09. The van der Waals surface area contributed by atoms with Crippen molar-refractivity contribution in [3.63, 3.8) is 0 Å². The van der Waals surface area contributed by atoms with Crippen LogP contribution in [0.3, 0.4) is 0 Å². The Hall–Kier alpha value is -0.810. The molecule has 1 spiro atoms. The van der Waals surface area contributed by atoms with Crippen LogP contribution in [0.25, 0.3) is 0 Å². The molecule has 9 nitrogen and oxygen atoms in total. The summed E-state index contributed by atoms with van der Waals surface area (Å²) in [6.07, 6.45) is 2.98. The zero-order chi connectivity index (χ0) is 30.2. The Morgan fingerprint density at radius 2 is 1.64 bits per heavy atom. The number of hydrogen-bond acceptors (Lipinski definition) is 9. The highest BCUT2D eigenvalue weighted by Gasteiger charge is 2.69. The van der Waals surface area contributed by atoms with Crippen molar-refractivity contribution in [1.82, 2.24) is 0 Å². The predicted octanol–water partition coefficient (Wildman–Crippen LogP) is 2.78. The number of esters is 1. The van der Waals surface area contributed by atoms with Crippen molar-refractivity contribution in [2.45, 2.75) is 134 Å². The maximum atomic E-state index is 12.6. The summed E-state index contributed by atoms with van der Waals surface area (Å²) < 4.78 is 19.0. The van der Waals surface area contributed by atoms with Crippen molar-refractivity contribution < 1.29 is 44.5 Å². The van der Waals surface area contributed by atoms with E-state index >= 15 is 0 Å². The average Bonchev–Trinajstić information content (AvgIpc) is 3.42. The first kappa shape index (κ1) is 31.2. The number of aliphatic hydroxyl groups is 5. The minimum absolute atomic E-state index is 0.181. The molecule has 6 fully saturated rings. The van der Waals surface area contributed by atoms with Crippen LogP contribution >= 0.6 is 0 Å². The number of rotatable bonds is 6. The second-order valence-electron chi connectivity index (χ2n) is 15.7. The van der Waals surface area contributed by atoms with E-state index in [9.17, 15) is 25.2 Å². The van der Waals surface area contributed by atoms with E-state index in [1.165, 1.54) is 25.7 Å². The summed E-state index contributed by atoms with van der Waals surface area (Å²) in [5.74, 6) is 2.62. The van der Waals surface area contributed by atoms with Gasteiger partial charge in [0.15, 0.2) is 11.9 Å². The lowest BCUT2D eigenvalue weighted by atomic mass is 9.44. The fourth-order valence-electron chi connectivity index (χ4n) is 11.2. The number of aliphatic hydroxyl groups excluding tert-OH is 5. The van der Waals surface area contributed by atoms with Gasteiger partial charge in [-0.15, -0.1) is 0 Å². The molecule has 0 aromatic rings. The number of fused-ring (bicyclic) bond motifs is 7. The fourth-order valence-corrected chi connectivity index (χ4v) is 11.2. The first-order valence-corrected chi connectivity index (χ1v) is 16.7. The maximum Gasteiger partial charge on any atom is 0.338 e. The van der Waals surface area contributed by atoms with E-state index in [2.05, 4.69) is 27.7 Å². The molecule has 6 aliphatic rings.